The van der Waals surface area contributed by atoms with Crippen molar-refractivity contribution in [1.82, 2.24) is 14.5 Å². The van der Waals surface area contributed by atoms with Crippen molar-refractivity contribution in [2.75, 3.05) is 37.2 Å². The molecular formula is C23H28N4O4S. The van der Waals surface area contributed by atoms with Crippen molar-refractivity contribution >= 4 is 26.6 Å². The van der Waals surface area contributed by atoms with Gasteiger partial charge in [0.05, 0.1) is 29.5 Å². The van der Waals surface area contributed by atoms with Gasteiger partial charge >= 0.3 is 0 Å². The number of aryl methyl sites for hydroxylation is 1. The summed E-state index contributed by atoms with van der Waals surface area (Å²) in [5.41, 5.74) is 1.22. The highest BCUT2D eigenvalue weighted by Crippen LogP contribution is 2.20. The Bertz CT molecular complexity index is 1280. The molecule has 0 amide bonds. The molecule has 8 nitrogen and oxygen atoms in total. The van der Waals surface area contributed by atoms with Crippen molar-refractivity contribution in [3.8, 4) is 11.4 Å². The lowest BCUT2D eigenvalue weighted by molar-refractivity contribution is 0.263. The number of fused-ring (bicyclic) bond motifs is 1. The lowest BCUT2D eigenvalue weighted by Crippen LogP contribution is -2.23. The molecule has 32 heavy (non-hydrogen) atoms. The van der Waals surface area contributed by atoms with Crippen LogP contribution in [0.2, 0.25) is 0 Å². The number of sulfonamides is 1. The first-order valence-corrected chi connectivity index (χ1v) is 12.7. The molecule has 1 aliphatic heterocycles. The molecule has 0 radical (unpaired) electrons. The Hall–Kier alpha value is -2.91. The number of aromatic nitrogens is 2. The molecule has 0 aliphatic carbocycles. The van der Waals surface area contributed by atoms with Gasteiger partial charge in [0.1, 0.15) is 11.6 Å². The Morgan fingerprint density at radius 1 is 1.12 bits per heavy atom. The van der Waals surface area contributed by atoms with Crippen LogP contribution in [-0.2, 0) is 10.0 Å². The van der Waals surface area contributed by atoms with Gasteiger partial charge in [0.15, 0.2) is 0 Å². The van der Waals surface area contributed by atoms with E-state index in [1.165, 1.54) is 36.6 Å². The minimum absolute atomic E-state index is 0.268. The van der Waals surface area contributed by atoms with E-state index in [-0.39, 0.29) is 5.56 Å². The molecule has 0 unspecified atom stereocenters. The fourth-order valence-corrected chi connectivity index (χ4v) is 4.63. The van der Waals surface area contributed by atoms with E-state index < -0.39 is 10.0 Å². The third-order valence-electron chi connectivity index (χ3n) is 5.50. The van der Waals surface area contributed by atoms with E-state index in [1.807, 2.05) is 24.3 Å². The minimum atomic E-state index is -3.45. The smallest absolute Gasteiger partial charge is 0.266 e. The Morgan fingerprint density at radius 2 is 1.91 bits per heavy atom. The van der Waals surface area contributed by atoms with E-state index in [9.17, 15) is 13.2 Å². The average Bonchev–Trinajstić information content (AvgIpc) is 3.25. The van der Waals surface area contributed by atoms with Gasteiger partial charge < -0.3 is 9.64 Å². The monoisotopic (exact) mass is 456 g/mol. The lowest BCUT2D eigenvalue weighted by Gasteiger charge is -2.15. The maximum Gasteiger partial charge on any atom is 0.266 e. The van der Waals surface area contributed by atoms with E-state index in [0.717, 1.165) is 19.2 Å². The molecule has 1 aromatic heterocycles. The minimum Gasteiger partial charge on any atom is -0.493 e. The van der Waals surface area contributed by atoms with Crippen LogP contribution >= 0.6 is 0 Å². The Balaban J connectivity index is 1.58. The second kappa shape index (κ2) is 9.30. The summed E-state index contributed by atoms with van der Waals surface area (Å²) < 4.78 is 33.0. The Morgan fingerprint density at radius 3 is 2.66 bits per heavy atom. The highest BCUT2D eigenvalue weighted by atomic mass is 32.2. The van der Waals surface area contributed by atoms with Crippen LogP contribution in [0.25, 0.3) is 16.6 Å². The summed E-state index contributed by atoms with van der Waals surface area (Å²) in [7, 11) is -3.45. The van der Waals surface area contributed by atoms with Gasteiger partial charge in [-0.15, -0.1) is 0 Å². The fourth-order valence-electron chi connectivity index (χ4n) is 4.08. The third-order valence-corrected chi connectivity index (χ3v) is 6.11. The van der Waals surface area contributed by atoms with Crippen molar-refractivity contribution in [2.24, 2.45) is 0 Å². The van der Waals surface area contributed by atoms with Gasteiger partial charge in [0, 0.05) is 18.3 Å². The molecule has 1 saturated heterocycles. The van der Waals surface area contributed by atoms with Crippen molar-refractivity contribution in [1.29, 1.82) is 0 Å². The normalized spacial score (nSPS) is 14.7. The molecule has 2 aromatic carbocycles. The van der Waals surface area contributed by atoms with Gasteiger partial charge in [-0.05, 0) is 69.6 Å². The summed E-state index contributed by atoms with van der Waals surface area (Å²) in [6.45, 7) is 5.77. The number of hydrogen-bond donors (Lipinski definition) is 1. The quantitative estimate of drug-likeness (QED) is 0.524. The largest absolute Gasteiger partial charge is 0.493 e. The summed E-state index contributed by atoms with van der Waals surface area (Å²) in [5.74, 6) is 1.24. The molecule has 1 fully saturated rings. The summed E-state index contributed by atoms with van der Waals surface area (Å²) in [4.78, 5) is 20.3. The zero-order chi connectivity index (χ0) is 22.7. The van der Waals surface area contributed by atoms with Gasteiger partial charge in [-0.3, -0.25) is 14.1 Å². The van der Waals surface area contributed by atoms with Crippen LogP contribution in [0.4, 0.5) is 5.69 Å². The Kier molecular flexibility index (Phi) is 6.48. The van der Waals surface area contributed by atoms with Gasteiger partial charge in [0.2, 0.25) is 10.0 Å². The molecule has 0 saturated carbocycles. The molecular weight excluding hydrogens is 428 g/mol. The predicted octanol–water partition coefficient (Wildman–Crippen LogP) is 2.93. The maximum atomic E-state index is 13.3. The van der Waals surface area contributed by atoms with Gasteiger partial charge in [-0.2, -0.15) is 0 Å². The standard InChI is InChI=1S/C23H28N4O4S/c1-17-24-22-10-9-18(25-32(2,29)30)15-21(22)23(28)27(17)19-7-5-8-20(16-19)31-14-6-13-26-11-3-4-12-26/h5,7-10,15-16,25H,3-4,6,11-14H2,1-2H3. The number of nitrogens with zero attached hydrogens (tertiary/aromatic N) is 3. The fraction of sp³-hybridized carbons (Fsp3) is 0.391. The first-order valence-electron chi connectivity index (χ1n) is 10.8. The van der Waals surface area contributed by atoms with E-state index >= 15 is 0 Å². The first-order chi connectivity index (χ1) is 15.3. The lowest BCUT2D eigenvalue weighted by atomic mass is 10.2. The summed E-state index contributed by atoms with van der Waals surface area (Å²) in [5, 5.41) is 0.334. The molecule has 0 atom stereocenters. The molecule has 4 rings (SSSR count). The van der Waals surface area contributed by atoms with Crippen molar-refractivity contribution in [3.63, 3.8) is 0 Å². The maximum absolute atomic E-state index is 13.3. The second-order valence-electron chi connectivity index (χ2n) is 8.15. The topological polar surface area (TPSA) is 93.5 Å². The number of nitrogens with one attached hydrogen (secondary N) is 1. The first kappa shape index (κ1) is 22.3. The van der Waals surface area contributed by atoms with Crippen LogP contribution in [0, 0.1) is 6.92 Å². The van der Waals surface area contributed by atoms with Gasteiger partial charge in [-0.25, -0.2) is 13.4 Å². The number of benzene rings is 2. The third kappa shape index (κ3) is 5.28. The van der Waals surface area contributed by atoms with E-state index in [4.69, 9.17) is 4.74 Å². The second-order valence-corrected chi connectivity index (χ2v) is 9.90. The summed E-state index contributed by atoms with van der Waals surface area (Å²) >= 11 is 0. The molecule has 170 valence electrons. The molecule has 2 heterocycles. The molecule has 1 aliphatic rings. The van der Waals surface area contributed by atoms with Crippen LogP contribution in [0.15, 0.2) is 47.3 Å². The highest BCUT2D eigenvalue weighted by Gasteiger charge is 2.13. The summed E-state index contributed by atoms with van der Waals surface area (Å²) in [6.07, 6.45) is 4.58. The number of ether oxygens (including phenoxy) is 1. The summed E-state index contributed by atoms with van der Waals surface area (Å²) in [6, 6.07) is 12.1. The number of rotatable bonds is 8. The number of anilines is 1. The average molecular weight is 457 g/mol. The number of likely N-dealkylation sites (tertiary alicyclic amines) is 1. The van der Waals surface area contributed by atoms with E-state index in [2.05, 4.69) is 14.6 Å². The van der Waals surface area contributed by atoms with Gasteiger partial charge in [-0.1, -0.05) is 6.07 Å². The molecule has 0 bridgehead atoms. The van der Waals surface area contributed by atoms with Crippen molar-refractivity contribution in [3.05, 3.63) is 58.6 Å². The Labute approximate surface area is 187 Å². The van der Waals surface area contributed by atoms with Crippen LogP contribution < -0.4 is 15.0 Å². The van der Waals surface area contributed by atoms with Crippen LogP contribution in [0.1, 0.15) is 25.1 Å². The molecule has 9 heteroatoms. The SMILES string of the molecule is Cc1nc2ccc(NS(C)(=O)=O)cc2c(=O)n1-c1cccc(OCCCN2CCCC2)c1. The van der Waals surface area contributed by atoms with Crippen LogP contribution in [0.5, 0.6) is 5.75 Å². The van der Waals surface area contributed by atoms with Crippen LogP contribution in [0.3, 0.4) is 0 Å². The zero-order valence-corrected chi connectivity index (χ0v) is 19.2. The predicted molar refractivity (Wildman–Crippen MR) is 126 cm³/mol. The van der Waals surface area contributed by atoms with Crippen LogP contribution in [-0.4, -0.2) is 55.4 Å². The highest BCUT2D eigenvalue weighted by molar-refractivity contribution is 7.92. The molecule has 0 spiro atoms. The molecule has 1 N–H and O–H groups in total. The van der Waals surface area contributed by atoms with E-state index in [0.29, 0.717) is 40.5 Å². The molecule has 3 aromatic rings. The zero-order valence-electron chi connectivity index (χ0n) is 18.4. The number of hydrogen-bond acceptors (Lipinski definition) is 6. The van der Waals surface area contributed by atoms with Crippen molar-refractivity contribution < 1.29 is 13.2 Å². The van der Waals surface area contributed by atoms with E-state index in [1.54, 1.807) is 19.1 Å². The van der Waals surface area contributed by atoms with Gasteiger partial charge in [0.25, 0.3) is 5.56 Å². The van der Waals surface area contributed by atoms with Crippen molar-refractivity contribution in [2.45, 2.75) is 26.2 Å².